The molecule has 110 valence electrons. The number of rotatable bonds is 4. The van der Waals surface area contributed by atoms with E-state index in [9.17, 15) is 4.79 Å². The van der Waals surface area contributed by atoms with Crippen LogP contribution < -0.4 is 4.74 Å². The van der Waals surface area contributed by atoms with Crippen LogP contribution in [0.25, 0.3) is 0 Å². The molecule has 6 heteroatoms. The van der Waals surface area contributed by atoms with Gasteiger partial charge in [-0.1, -0.05) is 23.4 Å². The molecule has 0 unspecified atom stereocenters. The summed E-state index contributed by atoms with van der Waals surface area (Å²) < 4.78 is 7.43. The van der Waals surface area contributed by atoms with Crippen LogP contribution in [0.5, 0.6) is 5.75 Å². The van der Waals surface area contributed by atoms with Crippen molar-refractivity contribution in [3.8, 4) is 5.75 Å². The monoisotopic (exact) mass is 286 g/mol. The van der Waals surface area contributed by atoms with Gasteiger partial charge < -0.3 is 9.64 Å². The van der Waals surface area contributed by atoms with Crippen molar-refractivity contribution >= 4 is 5.91 Å². The zero-order chi connectivity index (χ0) is 14.7. The highest BCUT2D eigenvalue weighted by Gasteiger charge is 2.27. The quantitative estimate of drug-likeness (QED) is 0.853. The van der Waals surface area contributed by atoms with Crippen LogP contribution in [0.4, 0.5) is 0 Å². The van der Waals surface area contributed by atoms with E-state index >= 15 is 0 Å². The van der Waals surface area contributed by atoms with Crippen LogP contribution in [-0.2, 0) is 4.79 Å². The molecule has 0 radical (unpaired) electrons. The van der Waals surface area contributed by atoms with E-state index in [1.54, 1.807) is 6.20 Å². The van der Waals surface area contributed by atoms with Crippen molar-refractivity contribution < 1.29 is 9.53 Å². The molecule has 1 aromatic heterocycles. The van der Waals surface area contributed by atoms with Crippen molar-refractivity contribution in [3.05, 3.63) is 42.2 Å². The van der Waals surface area contributed by atoms with Crippen molar-refractivity contribution in [2.75, 3.05) is 19.7 Å². The number of nitrogens with zero attached hydrogens (tertiary/aromatic N) is 4. The molecular formula is C15H18N4O2. The number of hydrogen-bond acceptors (Lipinski definition) is 4. The van der Waals surface area contributed by atoms with Gasteiger partial charge in [0.05, 0.1) is 12.2 Å². The molecule has 1 saturated heterocycles. The SMILES string of the molecule is Cc1ccccc1OCC(=O)N1CC[C@@H](n2ccnn2)C1. The molecule has 1 atom stereocenters. The number of benzene rings is 1. The first-order chi connectivity index (χ1) is 10.2. The highest BCUT2D eigenvalue weighted by atomic mass is 16.5. The number of hydrogen-bond donors (Lipinski definition) is 0. The van der Waals surface area contributed by atoms with Gasteiger partial charge >= 0.3 is 0 Å². The van der Waals surface area contributed by atoms with Gasteiger partial charge in [0.2, 0.25) is 0 Å². The van der Waals surface area contributed by atoms with Gasteiger partial charge in [-0.2, -0.15) is 0 Å². The van der Waals surface area contributed by atoms with Crippen LogP contribution >= 0.6 is 0 Å². The molecule has 0 bridgehead atoms. The molecule has 0 N–H and O–H groups in total. The lowest BCUT2D eigenvalue weighted by atomic mass is 10.2. The summed E-state index contributed by atoms with van der Waals surface area (Å²) in [6, 6.07) is 7.92. The summed E-state index contributed by atoms with van der Waals surface area (Å²) >= 11 is 0. The number of ether oxygens (including phenoxy) is 1. The standard InChI is InChI=1S/C15H18N4O2/c1-12-4-2-3-5-14(12)21-11-15(20)18-8-6-13(10-18)19-9-7-16-17-19/h2-5,7,9,13H,6,8,10-11H2,1H3/t13-/m1/s1. The Hall–Kier alpha value is -2.37. The molecule has 3 rings (SSSR count). The van der Waals surface area contributed by atoms with Crippen LogP contribution in [0, 0.1) is 6.92 Å². The molecule has 21 heavy (non-hydrogen) atoms. The second-order valence-corrected chi connectivity index (χ2v) is 5.22. The number of aryl methyl sites for hydroxylation is 1. The summed E-state index contributed by atoms with van der Waals surface area (Å²) in [4.78, 5) is 14.0. The Morgan fingerprint density at radius 2 is 2.29 bits per heavy atom. The van der Waals surface area contributed by atoms with Gasteiger partial charge in [-0.05, 0) is 25.0 Å². The lowest BCUT2D eigenvalue weighted by Crippen LogP contribution is -2.33. The lowest BCUT2D eigenvalue weighted by molar-refractivity contribution is -0.132. The van der Waals surface area contributed by atoms with Crippen molar-refractivity contribution in [1.82, 2.24) is 19.9 Å². The maximum atomic E-state index is 12.2. The zero-order valence-electron chi connectivity index (χ0n) is 12.0. The molecular weight excluding hydrogens is 268 g/mol. The van der Waals surface area contributed by atoms with E-state index in [-0.39, 0.29) is 18.6 Å². The van der Waals surface area contributed by atoms with E-state index in [1.807, 2.05) is 47.0 Å². The highest BCUT2D eigenvalue weighted by molar-refractivity contribution is 5.78. The van der Waals surface area contributed by atoms with Crippen molar-refractivity contribution in [2.24, 2.45) is 0 Å². The van der Waals surface area contributed by atoms with Gasteiger partial charge in [-0.15, -0.1) is 5.10 Å². The number of amides is 1. The van der Waals surface area contributed by atoms with Crippen LogP contribution in [0.15, 0.2) is 36.7 Å². The smallest absolute Gasteiger partial charge is 0.260 e. The molecule has 6 nitrogen and oxygen atoms in total. The predicted molar refractivity (Wildman–Crippen MR) is 76.9 cm³/mol. The lowest BCUT2D eigenvalue weighted by Gasteiger charge is -2.17. The third-order valence-electron chi connectivity index (χ3n) is 3.78. The van der Waals surface area contributed by atoms with Gasteiger partial charge in [0.1, 0.15) is 5.75 Å². The van der Waals surface area contributed by atoms with Gasteiger partial charge in [0.15, 0.2) is 6.61 Å². The van der Waals surface area contributed by atoms with E-state index in [4.69, 9.17) is 4.74 Å². The van der Waals surface area contributed by atoms with Crippen molar-refractivity contribution in [1.29, 1.82) is 0 Å². The molecule has 0 saturated carbocycles. The van der Waals surface area contributed by atoms with E-state index < -0.39 is 0 Å². The van der Waals surface area contributed by atoms with E-state index in [1.165, 1.54) is 0 Å². The van der Waals surface area contributed by atoms with Gasteiger partial charge in [0.25, 0.3) is 5.91 Å². The Bertz CT molecular complexity index is 612. The largest absolute Gasteiger partial charge is 0.484 e. The summed E-state index contributed by atoms with van der Waals surface area (Å²) in [5.41, 5.74) is 1.03. The first kappa shape index (κ1) is 13.6. The Morgan fingerprint density at radius 3 is 3.05 bits per heavy atom. The average Bonchev–Trinajstić information content (AvgIpc) is 3.16. The van der Waals surface area contributed by atoms with Crippen molar-refractivity contribution in [3.63, 3.8) is 0 Å². The molecule has 2 heterocycles. The van der Waals surface area contributed by atoms with E-state index in [2.05, 4.69) is 10.3 Å². The molecule has 1 aliphatic heterocycles. The Balaban J connectivity index is 1.54. The molecule has 1 amide bonds. The summed E-state index contributed by atoms with van der Waals surface area (Å²) in [6.07, 6.45) is 4.40. The maximum absolute atomic E-state index is 12.2. The van der Waals surface area contributed by atoms with Gasteiger partial charge in [-0.3, -0.25) is 4.79 Å². The van der Waals surface area contributed by atoms with E-state index in [0.717, 1.165) is 24.3 Å². The average molecular weight is 286 g/mol. The molecule has 1 fully saturated rings. The topological polar surface area (TPSA) is 60.2 Å². The summed E-state index contributed by atoms with van der Waals surface area (Å²) in [5, 5.41) is 7.80. The Labute approximate surface area is 123 Å². The van der Waals surface area contributed by atoms with E-state index in [0.29, 0.717) is 6.54 Å². The minimum absolute atomic E-state index is 0.0147. The number of carbonyl (C=O) groups excluding carboxylic acids is 1. The first-order valence-electron chi connectivity index (χ1n) is 7.06. The van der Waals surface area contributed by atoms with Gasteiger partial charge in [0, 0.05) is 19.3 Å². The minimum atomic E-state index is 0.0147. The second-order valence-electron chi connectivity index (χ2n) is 5.22. The molecule has 0 aliphatic carbocycles. The number of likely N-dealkylation sites (tertiary alicyclic amines) is 1. The number of para-hydroxylation sites is 1. The number of carbonyl (C=O) groups is 1. The van der Waals surface area contributed by atoms with Crippen LogP contribution in [0.3, 0.4) is 0 Å². The fraction of sp³-hybridized carbons (Fsp3) is 0.400. The number of aromatic nitrogens is 3. The normalized spacial score (nSPS) is 18.0. The Kier molecular flexibility index (Phi) is 3.85. The molecule has 0 spiro atoms. The van der Waals surface area contributed by atoms with Crippen LogP contribution in [0.2, 0.25) is 0 Å². The first-order valence-corrected chi connectivity index (χ1v) is 7.06. The van der Waals surface area contributed by atoms with Crippen LogP contribution in [-0.4, -0.2) is 45.5 Å². The Morgan fingerprint density at radius 1 is 1.43 bits per heavy atom. The van der Waals surface area contributed by atoms with Crippen molar-refractivity contribution in [2.45, 2.75) is 19.4 Å². The molecule has 1 aromatic carbocycles. The molecule has 2 aromatic rings. The fourth-order valence-electron chi connectivity index (χ4n) is 2.55. The highest BCUT2D eigenvalue weighted by Crippen LogP contribution is 2.21. The third-order valence-corrected chi connectivity index (χ3v) is 3.78. The maximum Gasteiger partial charge on any atom is 0.260 e. The summed E-state index contributed by atoms with van der Waals surface area (Å²) in [7, 11) is 0. The minimum Gasteiger partial charge on any atom is -0.484 e. The zero-order valence-corrected chi connectivity index (χ0v) is 12.0. The predicted octanol–water partition coefficient (Wildman–Crippen LogP) is 1.44. The summed E-state index contributed by atoms with van der Waals surface area (Å²) in [6.45, 7) is 3.45. The van der Waals surface area contributed by atoms with Gasteiger partial charge in [-0.25, -0.2) is 4.68 Å². The fourth-order valence-corrected chi connectivity index (χ4v) is 2.55. The third kappa shape index (κ3) is 3.04. The summed E-state index contributed by atoms with van der Waals surface area (Å²) in [5.74, 6) is 0.777. The van der Waals surface area contributed by atoms with Crippen LogP contribution in [0.1, 0.15) is 18.0 Å². The second kappa shape index (κ2) is 5.95. The molecule has 1 aliphatic rings.